The number of fused-ring (bicyclic) bond motifs is 9. The summed E-state index contributed by atoms with van der Waals surface area (Å²) < 4.78 is 7.54. The van der Waals surface area contributed by atoms with Gasteiger partial charge in [-0.15, -0.1) is 11.3 Å². The molecular weight excluding hydrogens is 504 g/mol. The van der Waals surface area contributed by atoms with E-state index in [1.165, 1.54) is 80.7 Å². The Morgan fingerprint density at radius 1 is 0.450 bits per heavy atom. The Balaban J connectivity index is 1.42. The first-order valence-corrected chi connectivity index (χ1v) is 14.5. The Morgan fingerprint density at radius 2 is 0.975 bits per heavy atom. The summed E-state index contributed by atoms with van der Waals surface area (Å²) in [5, 5.41) is 7.78. The molecule has 0 saturated carbocycles. The molecule has 3 heterocycles. The Labute approximate surface area is 234 Å². The molecule has 40 heavy (non-hydrogen) atoms. The van der Waals surface area contributed by atoms with Crippen LogP contribution in [0.1, 0.15) is 5.56 Å². The molecule has 0 saturated heterocycles. The van der Waals surface area contributed by atoms with Crippen LogP contribution in [0, 0.1) is 6.92 Å². The molecule has 9 aromatic rings. The molecule has 3 aromatic heterocycles. The summed E-state index contributed by atoms with van der Waals surface area (Å²) >= 11 is 1.90. The molecule has 0 amide bonds. The van der Waals surface area contributed by atoms with Gasteiger partial charge < -0.3 is 9.13 Å². The summed E-state index contributed by atoms with van der Waals surface area (Å²) in [6, 6.07) is 46.7. The third-order valence-electron chi connectivity index (χ3n) is 8.37. The van der Waals surface area contributed by atoms with Gasteiger partial charge >= 0.3 is 0 Å². The fraction of sp³-hybridized carbons (Fsp3) is 0.0270. The summed E-state index contributed by atoms with van der Waals surface area (Å²) in [6.45, 7) is 2.18. The van der Waals surface area contributed by atoms with Crippen molar-refractivity contribution >= 4 is 75.1 Å². The number of thiophene rings is 1. The highest BCUT2D eigenvalue weighted by Crippen LogP contribution is 2.44. The van der Waals surface area contributed by atoms with Crippen LogP contribution in [0.15, 0.2) is 127 Å². The van der Waals surface area contributed by atoms with Crippen LogP contribution in [0.25, 0.3) is 75.2 Å². The molecule has 0 atom stereocenters. The predicted octanol–water partition coefficient (Wildman–Crippen LogP) is 10.6. The lowest BCUT2D eigenvalue weighted by atomic mass is 10.1. The van der Waals surface area contributed by atoms with Gasteiger partial charge in [-0.1, -0.05) is 84.9 Å². The maximum atomic E-state index is 2.47. The average Bonchev–Trinajstić information content (AvgIpc) is 3.65. The van der Waals surface area contributed by atoms with Crippen LogP contribution in [0.3, 0.4) is 0 Å². The van der Waals surface area contributed by atoms with Gasteiger partial charge in [0.2, 0.25) is 0 Å². The second-order valence-electron chi connectivity index (χ2n) is 10.6. The van der Waals surface area contributed by atoms with Gasteiger partial charge in [0.15, 0.2) is 0 Å². The van der Waals surface area contributed by atoms with E-state index >= 15 is 0 Å². The molecule has 3 heteroatoms. The van der Waals surface area contributed by atoms with Gasteiger partial charge in [0, 0.05) is 37.0 Å². The quantitative estimate of drug-likeness (QED) is 0.211. The van der Waals surface area contributed by atoms with Crippen LogP contribution in [-0.2, 0) is 0 Å². The minimum Gasteiger partial charge on any atom is -0.309 e. The maximum absolute atomic E-state index is 2.47. The van der Waals surface area contributed by atoms with E-state index in [1.807, 2.05) is 11.3 Å². The highest BCUT2D eigenvalue weighted by Gasteiger charge is 2.20. The molecule has 0 spiro atoms. The average molecular weight is 529 g/mol. The number of benzene rings is 6. The lowest BCUT2D eigenvalue weighted by molar-refractivity contribution is 1.20. The molecule has 188 valence electrons. The molecule has 9 rings (SSSR count). The number of hydrogen-bond donors (Lipinski definition) is 0. The molecule has 0 radical (unpaired) electrons. The van der Waals surface area contributed by atoms with Gasteiger partial charge in [-0.2, -0.15) is 0 Å². The minimum absolute atomic E-state index is 1.23. The Kier molecular flexibility index (Phi) is 4.44. The van der Waals surface area contributed by atoms with Crippen molar-refractivity contribution in [1.82, 2.24) is 9.13 Å². The lowest BCUT2D eigenvalue weighted by Gasteiger charge is -2.11. The van der Waals surface area contributed by atoms with Crippen molar-refractivity contribution < 1.29 is 0 Å². The minimum atomic E-state index is 1.23. The summed E-state index contributed by atoms with van der Waals surface area (Å²) in [4.78, 5) is 0. The number of nitrogens with zero attached hydrogens (tertiary/aromatic N) is 2. The third-order valence-corrected chi connectivity index (χ3v) is 9.56. The molecule has 0 aliphatic heterocycles. The summed E-state index contributed by atoms with van der Waals surface area (Å²) in [5.74, 6) is 0. The van der Waals surface area contributed by atoms with Crippen LogP contribution in [0.4, 0.5) is 0 Å². The van der Waals surface area contributed by atoms with Gasteiger partial charge in [-0.3, -0.25) is 0 Å². The fourth-order valence-corrected chi connectivity index (χ4v) is 7.93. The zero-order valence-electron chi connectivity index (χ0n) is 21.9. The standard InChI is InChI=1S/C37H24N2S/c1-23-20-21-27-26-12-4-7-16-31(26)39(34(27)22-23)33-18-8-13-28-36-32(17-9-19-35(36)40-37(28)33)38-29-14-5-2-10-24(29)25-11-3-6-15-30(25)38/h2-22H,1H3. The van der Waals surface area contributed by atoms with E-state index in [0.29, 0.717) is 0 Å². The van der Waals surface area contributed by atoms with E-state index in [9.17, 15) is 0 Å². The smallest absolute Gasteiger partial charge is 0.0640 e. The molecule has 2 nitrogen and oxygen atoms in total. The van der Waals surface area contributed by atoms with E-state index in [-0.39, 0.29) is 0 Å². The molecular formula is C37H24N2S. The van der Waals surface area contributed by atoms with Crippen molar-refractivity contribution in [2.75, 3.05) is 0 Å². The maximum Gasteiger partial charge on any atom is 0.0640 e. The van der Waals surface area contributed by atoms with Crippen LogP contribution < -0.4 is 0 Å². The Bertz CT molecular complexity index is 2400. The van der Waals surface area contributed by atoms with Crippen LogP contribution >= 0.6 is 11.3 Å². The van der Waals surface area contributed by atoms with Crippen molar-refractivity contribution in [3.63, 3.8) is 0 Å². The first kappa shape index (κ1) is 22.0. The molecule has 0 bridgehead atoms. The number of aromatic nitrogens is 2. The topological polar surface area (TPSA) is 9.86 Å². The van der Waals surface area contributed by atoms with Crippen molar-refractivity contribution in [2.24, 2.45) is 0 Å². The number of aryl methyl sites for hydroxylation is 1. The zero-order chi connectivity index (χ0) is 26.4. The fourth-order valence-electron chi connectivity index (χ4n) is 6.70. The van der Waals surface area contributed by atoms with Crippen LogP contribution in [0.2, 0.25) is 0 Å². The van der Waals surface area contributed by atoms with Crippen molar-refractivity contribution in [3.8, 4) is 11.4 Å². The predicted molar refractivity (Wildman–Crippen MR) is 173 cm³/mol. The summed E-state index contributed by atoms with van der Waals surface area (Å²) in [5.41, 5.74) is 8.73. The van der Waals surface area contributed by atoms with Gasteiger partial charge in [0.25, 0.3) is 0 Å². The summed E-state index contributed by atoms with van der Waals surface area (Å²) in [6.07, 6.45) is 0. The highest BCUT2D eigenvalue weighted by atomic mass is 32.1. The highest BCUT2D eigenvalue weighted by molar-refractivity contribution is 7.26. The molecule has 0 fully saturated rings. The van der Waals surface area contributed by atoms with E-state index < -0.39 is 0 Å². The van der Waals surface area contributed by atoms with Gasteiger partial charge in [0.1, 0.15) is 0 Å². The van der Waals surface area contributed by atoms with Gasteiger partial charge in [-0.25, -0.2) is 0 Å². The van der Waals surface area contributed by atoms with Crippen LogP contribution in [-0.4, -0.2) is 9.13 Å². The van der Waals surface area contributed by atoms with Crippen molar-refractivity contribution in [3.05, 3.63) is 133 Å². The second-order valence-corrected chi connectivity index (χ2v) is 11.7. The van der Waals surface area contributed by atoms with Crippen LogP contribution in [0.5, 0.6) is 0 Å². The molecule has 0 N–H and O–H groups in total. The SMILES string of the molecule is Cc1ccc2c3ccccc3n(-c3cccc4c3sc3cccc(-n5c6ccccc6c6ccccc65)c34)c2c1. The first-order valence-electron chi connectivity index (χ1n) is 13.7. The lowest BCUT2D eigenvalue weighted by Crippen LogP contribution is -1.95. The monoisotopic (exact) mass is 528 g/mol. The van der Waals surface area contributed by atoms with Gasteiger partial charge in [0.05, 0.1) is 38.1 Å². The van der Waals surface area contributed by atoms with Gasteiger partial charge in [-0.05, 0) is 55.0 Å². The molecule has 0 aliphatic rings. The number of hydrogen-bond acceptors (Lipinski definition) is 1. The normalized spacial score (nSPS) is 12.1. The largest absolute Gasteiger partial charge is 0.309 e. The van der Waals surface area contributed by atoms with E-state index in [0.717, 1.165) is 0 Å². The molecule has 6 aromatic carbocycles. The molecule has 0 aliphatic carbocycles. The Hall–Kier alpha value is -4.86. The van der Waals surface area contributed by atoms with E-state index in [2.05, 4.69) is 143 Å². The van der Waals surface area contributed by atoms with Crippen molar-refractivity contribution in [2.45, 2.75) is 6.92 Å². The third kappa shape index (κ3) is 2.87. The summed E-state index contributed by atoms with van der Waals surface area (Å²) in [7, 11) is 0. The first-order chi connectivity index (χ1) is 19.8. The second kappa shape index (κ2) is 8.08. The van der Waals surface area contributed by atoms with E-state index in [4.69, 9.17) is 0 Å². The zero-order valence-corrected chi connectivity index (χ0v) is 22.7. The molecule has 0 unspecified atom stereocenters. The van der Waals surface area contributed by atoms with Crippen molar-refractivity contribution in [1.29, 1.82) is 0 Å². The van der Waals surface area contributed by atoms with E-state index in [1.54, 1.807) is 0 Å². The Morgan fingerprint density at radius 3 is 1.65 bits per heavy atom. The number of para-hydroxylation sites is 3. The number of rotatable bonds is 2.